The first-order valence-corrected chi connectivity index (χ1v) is 6.84. The Kier molecular flexibility index (Phi) is 4.79. The van der Waals surface area contributed by atoms with Crippen molar-refractivity contribution in [1.82, 2.24) is 5.32 Å². The minimum atomic E-state index is -0.352. The van der Waals surface area contributed by atoms with Gasteiger partial charge in [-0.25, -0.2) is 4.39 Å². The zero-order chi connectivity index (χ0) is 14.5. The van der Waals surface area contributed by atoms with E-state index in [0.29, 0.717) is 0 Å². The standard InChI is InChI=1S/C16H20FNO2/c1-4-14-12(8-9-20-14)16(18-5-2)11-6-7-15(19-3)13(17)10-11/h6-10,16,18H,4-5H2,1-3H3. The molecule has 0 fully saturated rings. The maximum absolute atomic E-state index is 13.9. The Labute approximate surface area is 118 Å². The minimum absolute atomic E-state index is 0.0749. The highest BCUT2D eigenvalue weighted by Crippen LogP contribution is 2.29. The van der Waals surface area contributed by atoms with Crippen LogP contribution in [0.15, 0.2) is 34.9 Å². The van der Waals surface area contributed by atoms with Crippen LogP contribution in [-0.2, 0) is 6.42 Å². The van der Waals surface area contributed by atoms with Crippen molar-refractivity contribution in [1.29, 1.82) is 0 Å². The van der Waals surface area contributed by atoms with Gasteiger partial charge < -0.3 is 14.5 Å². The summed E-state index contributed by atoms with van der Waals surface area (Å²) in [6.07, 6.45) is 2.49. The lowest BCUT2D eigenvalue weighted by atomic mass is 9.98. The third kappa shape index (κ3) is 2.85. The normalized spacial score (nSPS) is 12.4. The van der Waals surface area contributed by atoms with Crippen LogP contribution in [0.3, 0.4) is 0 Å². The zero-order valence-electron chi connectivity index (χ0n) is 12.1. The lowest BCUT2D eigenvalue weighted by Gasteiger charge is -2.19. The molecule has 0 aliphatic carbocycles. The van der Waals surface area contributed by atoms with Crippen LogP contribution >= 0.6 is 0 Å². The van der Waals surface area contributed by atoms with Gasteiger partial charge in [-0.3, -0.25) is 0 Å². The number of rotatable bonds is 6. The van der Waals surface area contributed by atoms with Gasteiger partial charge in [0.1, 0.15) is 5.76 Å². The molecule has 1 atom stereocenters. The maximum Gasteiger partial charge on any atom is 0.165 e. The van der Waals surface area contributed by atoms with Crippen molar-refractivity contribution in [2.24, 2.45) is 0 Å². The second-order valence-electron chi connectivity index (χ2n) is 4.54. The molecule has 2 rings (SSSR count). The van der Waals surface area contributed by atoms with Gasteiger partial charge in [-0.1, -0.05) is 19.9 Å². The molecule has 0 saturated carbocycles. The van der Waals surface area contributed by atoms with E-state index >= 15 is 0 Å². The van der Waals surface area contributed by atoms with Crippen LogP contribution in [0.25, 0.3) is 0 Å². The lowest BCUT2D eigenvalue weighted by molar-refractivity contribution is 0.385. The molecule has 1 unspecified atom stereocenters. The minimum Gasteiger partial charge on any atom is -0.494 e. The highest BCUT2D eigenvalue weighted by molar-refractivity contribution is 5.37. The van der Waals surface area contributed by atoms with Crippen LogP contribution in [0.4, 0.5) is 4.39 Å². The van der Waals surface area contributed by atoms with Crippen molar-refractivity contribution >= 4 is 0 Å². The monoisotopic (exact) mass is 277 g/mol. The predicted molar refractivity (Wildman–Crippen MR) is 76.6 cm³/mol. The summed E-state index contributed by atoms with van der Waals surface area (Å²) in [5.74, 6) is 0.827. The molecular weight excluding hydrogens is 257 g/mol. The van der Waals surface area contributed by atoms with Gasteiger partial charge in [-0.15, -0.1) is 0 Å². The van der Waals surface area contributed by atoms with Crippen molar-refractivity contribution in [3.05, 3.63) is 53.2 Å². The number of nitrogens with one attached hydrogen (secondary N) is 1. The molecule has 20 heavy (non-hydrogen) atoms. The number of halogens is 1. The second-order valence-corrected chi connectivity index (χ2v) is 4.54. The van der Waals surface area contributed by atoms with Gasteiger partial charge in [-0.2, -0.15) is 0 Å². The van der Waals surface area contributed by atoms with Crippen LogP contribution in [0, 0.1) is 5.82 Å². The maximum atomic E-state index is 13.9. The summed E-state index contributed by atoms with van der Waals surface area (Å²) >= 11 is 0. The van der Waals surface area contributed by atoms with Crippen molar-refractivity contribution < 1.29 is 13.5 Å². The molecule has 3 nitrogen and oxygen atoms in total. The molecule has 1 heterocycles. The van der Waals surface area contributed by atoms with Crippen molar-refractivity contribution in [2.75, 3.05) is 13.7 Å². The van der Waals surface area contributed by atoms with E-state index in [1.807, 2.05) is 26.0 Å². The SMILES string of the molecule is CCNC(c1ccc(OC)c(F)c1)c1ccoc1CC. The summed E-state index contributed by atoms with van der Waals surface area (Å²) in [6.45, 7) is 4.85. The van der Waals surface area contributed by atoms with E-state index in [0.717, 1.165) is 29.9 Å². The van der Waals surface area contributed by atoms with Crippen LogP contribution in [-0.4, -0.2) is 13.7 Å². The van der Waals surface area contributed by atoms with Crippen molar-refractivity contribution in [2.45, 2.75) is 26.3 Å². The van der Waals surface area contributed by atoms with Gasteiger partial charge in [0.05, 0.1) is 19.4 Å². The topological polar surface area (TPSA) is 34.4 Å². The van der Waals surface area contributed by atoms with Gasteiger partial charge in [-0.05, 0) is 30.3 Å². The Bertz CT molecular complexity index is 565. The largest absolute Gasteiger partial charge is 0.494 e. The zero-order valence-corrected chi connectivity index (χ0v) is 12.1. The molecule has 0 amide bonds. The molecule has 0 bridgehead atoms. The fraction of sp³-hybridized carbons (Fsp3) is 0.375. The molecule has 1 aromatic heterocycles. The molecule has 0 radical (unpaired) electrons. The van der Waals surface area contributed by atoms with E-state index < -0.39 is 0 Å². The Morgan fingerprint density at radius 2 is 2.10 bits per heavy atom. The summed E-state index contributed by atoms with van der Waals surface area (Å²) in [6, 6.07) is 6.91. The Morgan fingerprint density at radius 1 is 1.30 bits per heavy atom. The molecule has 2 aromatic rings. The van der Waals surface area contributed by atoms with Gasteiger partial charge in [0.25, 0.3) is 0 Å². The third-order valence-electron chi connectivity index (χ3n) is 3.33. The Hall–Kier alpha value is -1.81. The fourth-order valence-corrected chi connectivity index (χ4v) is 2.37. The average molecular weight is 277 g/mol. The van der Waals surface area contributed by atoms with Crippen LogP contribution in [0.2, 0.25) is 0 Å². The number of benzene rings is 1. The highest BCUT2D eigenvalue weighted by atomic mass is 19.1. The number of hydrogen-bond acceptors (Lipinski definition) is 3. The summed E-state index contributed by atoms with van der Waals surface area (Å²) < 4.78 is 24.3. The molecular formula is C16H20FNO2. The Morgan fingerprint density at radius 3 is 2.70 bits per heavy atom. The molecule has 0 aliphatic rings. The highest BCUT2D eigenvalue weighted by Gasteiger charge is 2.19. The summed E-state index contributed by atoms with van der Waals surface area (Å²) in [5, 5.41) is 3.37. The van der Waals surface area contributed by atoms with Gasteiger partial charge in [0.2, 0.25) is 0 Å². The van der Waals surface area contributed by atoms with Crippen LogP contribution < -0.4 is 10.1 Å². The Balaban J connectivity index is 2.40. The second kappa shape index (κ2) is 6.57. The molecule has 4 heteroatoms. The smallest absolute Gasteiger partial charge is 0.165 e. The van der Waals surface area contributed by atoms with E-state index in [4.69, 9.17) is 9.15 Å². The molecule has 1 aromatic carbocycles. The third-order valence-corrected chi connectivity index (χ3v) is 3.33. The number of hydrogen-bond donors (Lipinski definition) is 1. The molecule has 0 saturated heterocycles. The van der Waals surface area contributed by atoms with E-state index in [1.165, 1.54) is 13.2 Å². The van der Waals surface area contributed by atoms with Crippen LogP contribution in [0.1, 0.15) is 36.8 Å². The van der Waals surface area contributed by atoms with Crippen molar-refractivity contribution in [3.63, 3.8) is 0 Å². The van der Waals surface area contributed by atoms with Gasteiger partial charge >= 0.3 is 0 Å². The van der Waals surface area contributed by atoms with E-state index in [1.54, 1.807) is 12.3 Å². The first kappa shape index (κ1) is 14.6. The number of methoxy groups -OCH3 is 1. The molecule has 1 N–H and O–H groups in total. The quantitative estimate of drug-likeness (QED) is 0.874. The van der Waals surface area contributed by atoms with Crippen molar-refractivity contribution in [3.8, 4) is 5.75 Å². The molecule has 108 valence electrons. The van der Waals surface area contributed by atoms with E-state index in [-0.39, 0.29) is 17.6 Å². The average Bonchev–Trinajstić information content (AvgIpc) is 2.92. The first-order chi connectivity index (χ1) is 9.71. The fourth-order valence-electron chi connectivity index (χ4n) is 2.37. The number of furan rings is 1. The summed E-state index contributed by atoms with van der Waals surface area (Å²) in [7, 11) is 1.46. The lowest BCUT2D eigenvalue weighted by Crippen LogP contribution is -2.22. The predicted octanol–water partition coefficient (Wildman–Crippen LogP) is 3.69. The molecule has 0 aliphatic heterocycles. The number of aryl methyl sites for hydroxylation is 1. The molecule has 0 spiro atoms. The van der Waals surface area contributed by atoms with Crippen LogP contribution in [0.5, 0.6) is 5.75 Å². The number of ether oxygens (including phenoxy) is 1. The first-order valence-electron chi connectivity index (χ1n) is 6.84. The van der Waals surface area contributed by atoms with Gasteiger partial charge in [0, 0.05) is 12.0 Å². The summed E-state index contributed by atoms with van der Waals surface area (Å²) in [5.41, 5.74) is 1.92. The van der Waals surface area contributed by atoms with E-state index in [2.05, 4.69) is 5.32 Å². The van der Waals surface area contributed by atoms with E-state index in [9.17, 15) is 4.39 Å². The summed E-state index contributed by atoms with van der Waals surface area (Å²) in [4.78, 5) is 0. The van der Waals surface area contributed by atoms with Gasteiger partial charge in [0.15, 0.2) is 11.6 Å².